The molecule has 0 radical (unpaired) electrons. The molecule has 2 heterocycles. The Hall–Kier alpha value is -2.28. The molecule has 0 fully saturated rings. The molecule has 1 N–H and O–H groups in total. The molecule has 2 aromatic rings. The van der Waals surface area contributed by atoms with Crippen molar-refractivity contribution in [3.63, 3.8) is 0 Å². The summed E-state index contributed by atoms with van der Waals surface area (Å²) in [5, 5.41) is 13.3. The van der Waals surface area contributed by atoms with Crippen molar-refractivity contribution in [3.8, 4) is 11.4 Å². The summed E-state index contributed by atoms with van der Waals surface area (Å²) in [4.78, 5) is 19.2. The molecule has 0 amide bonds. The van der Waals surface area contributed by atoms with Crippen LogP contribution >= 0.6 is 0 Å². The van der Waals surface area contributed by atoms with Crippen LogP contribution in [0.2, 0.25) is 0 Å². The number of hydrogen-bond donors (Lipinski definition) is 1. The minimum Gasteiger partial charge on any atom is -0.478 e. The third-order valence-electron chi connectivity index (χ3n) is 2.67. The highest BCUT2D eigenvalue weighted by Gasteiger charge is 2.12. The van der Waals surface area contributed by atoms with Gasteiger partial charge in [-0.3, -0.25) is 4.98 Å². The fraction of sp³-hybridized carbons (Fsp3) is 0.385. The molecule has 0 atom stereocenters. The van der Waals surface area contributed by atoms with E-state index in [0.717, 1.165) is 0 Å². The van der Waals surface area contributed by atoms with Gasteiger partial charge in [0.15, 0.2) is 5.82 Å². The van der Waals surface area contributed by atoms with Crippen molar-refractivity contribution in [2.75, 3.05) is 13.2 Å². The number of hydrogen-bond acceptors (Lipinski definition) is 5. The van der Waals surface area contributed by atoms with E-state index in [-0.39, 0.29) is 5.56 Å². The summed E-state index contributed by atoms with van der Waals surface area (Å²) in [6, 6.07) is 1.54. The number of nitrogens with zero attached hydrogens (tertiary/aromatic N) is 4. The van der Waals surface area contributed by atoms with Crippen LogP contribution in [0.4, 0.5) is 0 Å². The van der Waals surface area contributed by atoms with Crippen LogP contribution in [0.1, 0.15) is 23.1 Å². The highest BCUT2D eigenvalue weighted by atomic mass is 16.5. The van der Waals surface area contributed by atoms with E-state index in [0.29, 0.717) is 37.0 Å². The van der Waals surface area contributed by atoms with Crippen LogP contribution in [0, 0.1) is 6.92 Å². The Morgan fingerprint density at radius 2 is 2.25 bits per heavy atom. The summed E-state index contributed by atoms with van der Waals surface area (Å²) >= 11 is 0. The molecule has 20 heavy (non-hydrogen) atoms. The van der Waals surface area contributed by atoms with Gasteiger partial charge in [0.2, 0.25) is 0 Å². The van der Waals surface area contributed by atoms with Gasteiger partial charge in [0.25, 0.3) is 0 Å². The second-order valence-electron chi connectivity index (χ2n) is 4.17. The molecule has 0 saturated heterocycles. The first-order chi connectivity index (χ1) is 9.61. The van der Waals surface area contributed by atoms with Gasteiger partial charge in [0.05, 0.1) is 18.7 Å². The molecule has 0 bridgehead atoms. The molecule has 2 aromatic heterocycles. The Labute approximate surface area is 116 Å². The standard InChI is InChI=1S/C13H16N4O3/c1-3-20-5-4-17-12(15-9(2)16-17)10-6-11(13(18)19)8-14-7-10/h6-8H,3-5H2,1-2H3,(H,18,19). The zero-order valence-electron chi connectivity index (χ0n) is 11.4. The van der Waals surface area contributed by atoms with Crippen molar-refractivity contribution < 1.29 is 14.6 Å². The number of aryl methyl sites for hydroxylation is 1. The molecule has 106 valence electrons. The third-order valence-corrected chi connectivity index (χ3v) is 2.67. The van der Waals surface area contributed by atoms with E-state index in [2.05, 4.69) is 15.1 Å². The fourth-order valence-corrected chi connectivity index (χ4v) is 1.80. The Balaban J connectivity index is 2.31. The van der Waals surface area contributed by atoms with Crippen LogP contribution in [0.5, 0.6) is 0 Å². The topological polar surface area (TPSA) is 90.1 Å². The summed E-state index contributed by atoms with van der Waals surface area (Å²) in [6.07, 6.45) is 2.88. The Kier molecular flexibility index (Phi) is 4.41. The van der Waals surface area contributed by atoms with Gasteiger partial charge >= 0.3 is 5.97 Å². The number of carboxylic acid groups (broad SMARTS) is 1. The quantitative estimate of drug-likeness (QED) is 0.802. The second kappa shape index (κ2) is 6.25. The highest BCUT2D eigenvalue weighted by Crippen LogP contribution is 2.17. The molecule has 0 spiro atoms. The zero-order chi connectivity index (χ0) is 14.5. The normalized spacial score (nSPS) is 10.7. The first-order valence-corrected chi connectivity index (χ1v) is 6.29. The molecule has 0 aromatic carbocycles. The van der Waals surface area contributed by atoms with Gasteiger partial charge in [-0.1, -0.05) is 0 Å². The molecule has 7 nitrogen and oxygen atoms in total. The van der Waals surface area contributed by atoms with Crippen molar-refractivity contribution in [1.29, 1.82) is 0 Å². The van der Waals surface area contributed by atoms with E-state index in [4.69, 9.17) is 9.84 Å². The van der Waals surface area contributed by atoms with Crippen LogP contribution < -0.4 is 0 Å². The molecule has 0 aliphatic rings. The number of carbonyl (C=O) groups is 1. The Morgan fingerprint density at radius 1 is 1.45 bits per heavy atom. The summed E-state index contributed by atoms with van der Waals surface area (Å²) in [5.41, 5.74) is 0.751. The lowest BCUT2D eigenvalue weighted by molar-refractivity contribution is 0.0696. The van der Waals surface area contributed by atoms with Crippen molar-refractivity contribution in [3.05, 3.63) is 29.8 Å². The fourth-order valence-electron chi connectivity index (χ4n) is 1.80. The number of aromatic carboxylic acids is 1. The monoisotopic (exact) mass is 276 g/mol. The van der Waals surface area contributed by atoms with Crippen molar-refractivity contribution in [2.45, 2.75) is 20.4 Å². The van der Waals surface area contributed by atoms with Crippen molar-refractivity contribution in [2.24, 2.45) is 0 Å². The Bertz CT molecular complexity index is 609. The molecule has 2 rings (SSSR count). The molecule has 0 unspecified atom stereocenters. The van der Waals surface area contributed by atoms with Gasteiger partial charge in [-0.2, -0.15) is 5.10 Å². The van der Waals surface area contributed by atoms with E-state index >= 15 is 0 Å². The summed E-state index contributed by atoms with van der Waals surface area (Å²) in [6.45, 7) is 5.43. The van der Waals surface area contributed by atoms with E-state index in [1.54, 1.807) is 17.8 Å². The van der Waals surface area contributed by atoms with Crippen LogP contribution in [-0.2, 0) is 11.3 Å². The number of ether oxygens (including phenoxy) is 1. The molecular weight excluding hydrogens is 260 g/mol. The number of pyridine rings is 1. The van der Waals surface area contributed by atoms with Gasteiger partial charge in [-0.25, -0.2) is 14.5 Å². The Morgan fingerprint density at radius 3 is 2.95 bits per heavy atom. The molecule has 0 saturated carbocycles. The maximum Gasteiger partial charge on any atom is 0.337 e. The second-order valence-corrected chi connectivity index (χ2v) is 4.17. The van der Waals surface area contributed by atoms with Gasteiger partial charge in [-0.15, -0.1) is 0 Å². The predicted octanol–water partition coefficient (Wildman–Crippen LogP) is 1.38. The predicted molar refractivity (Wildman–Crippen MR) is 71.4 cm³/mol. The van der Waals surface area contributed by atoms with Crippen LogP contribution in [0.15, 0.2) is 18.5 Å². The first kappa shape index (κ1) is 14.1. The van der Waals surface area contributed by atoms with E-state index in [9.17, 15) is 4.79 Å². The van der Waals surface area contributed by atoms with Gasteiger partial charge in [0.1, 0.15) is 5.82 Å². The van der Waals surface area contributed by atoms with Crippen molar-refractivity contribution >= 4 is 5.97 Å². The molecular formula is C13H16N4O3. The molecule has 0 aliphatic carbocycles. The minimum absolute atomic E-state index is 0.125. The average Bonchev–Trinajstić information content (AvgIpc) is 2.80. The minimum atomic E-state index is -1.02. The lowest BCUT2D eigenvalue weighted by Gasteiger charge is -2.06. The lowest BCUT2D eigenvalue weighted by atomic mass is 10.2. The smallest absolute Gasteiger partial charge is 0.337 e. The summed E-state index contributed by atoms with van der Waals surface area (Å²) in [5.74, 6) is 0.200. The zero-order valence-corrected chi connectivity index (χ0v) is 11.4. The van der Waals surface area contributed by atoms with E-state index < -0.39 is 5.97 Å². The molecule has 7 heteroatoms. The van der Waals surface area contributed by atoms with Crippen LogP contribution in [-0.4, -0.2) is 44.0 Å². The maximum absolute atomic E-state index is 11.0. The number of aromatic nitrogens is 4. The lowest BCUT2D eigenvalue weighted by Crippen LogP contribution is -2.09. The van der Waals surface area contributed by atoms with Gasteiger partial charge < -0.3 is 9.84 Å². The van der Waals surface area contributed by atoms with E-state index in [1.807, 2.05) is 6.92 Å². The van der Waals surface area contributed by atoms with E-state index in [1.165, 1.54) is 12.3 Å². The maximum atomic E-state index is 11.0. The highest BCUT2D eigenvalue weighted by molar-refractivity contribution is 5.88. The summed E-state index contributed by atoms with van der Waals surface area (Å²) in [7, 11) is 0. The molecule has 0 aliphatic heterocycles. The van der Waals surface area contributed by atoms with Gasteiger partial charge in [0, 0.05) is 24.6 Å². The summed E-state index contributed by atoms with van der Waals surface area (Å²) < 4.78 is 7.00. The van der Waals surface area contributed by atoms with Gasteiger partial charge in [-0.05, 0) is 19.9 Å². The number of rotatable bonds is 6. The number of carboxylic acids is 1. The van der Waals surface area contributed by atoms with Crippen LogP contribution in [0.25, 0.3) is 11.4 Å². The average molecular weight is 276 g/mol. The first-order valence-electron chi connectivity index (χ1n) is 6.29. The largest absolute Gasteiger partial charge is 0.478 e. The third kappa shape index (κ3) is 3.18. The van der Waals surface area contributed by atoms with Crippen molar-refractivity contribution in [1.82, 2.24) is 19.7 Å². The van der Waals surface area contributed by atoms with Crippen LogP contribution in [0.3, 0.4) is 0 Å². The SMILES string of the molecule is CCOCCn1nc(C)nc1-c1cncc(C(=O)O)c1.